The number of aliphatic hydroxyl groups is 1. The Morgan fingerprint density at radius 3 is 2.37 bits per heavy atom. The van der Waals surface area contributed by atoms with E-state index in [0.29, 0.717) is 11.4 Å². The molecule has 2 heterocycles. The molecule has 3 rings (SSSR count). The molecule has 0 saturated carbocycles. The molecule has 0 radical (unpaired) electrons. The van der Waals surface area contributed by atoms with Crippen LogP contribution in [0.25, 0.3) is 11.4 Å². The predicted molar refractivity (Wildman–Crippen MR) is 109 cm³/mol. The average Bonchev–Trinajstić information content (AvgIpc) is 2.72. The van der Waals surface area contributed by atoms with Gasteiger partial charge in [-0.3, -0.25) is 4.98 Å². The van der Waals surface area contributed by atoms with E-state index in [1.54, 1.807) is 24.4 Å². The Hall–Kier alpha value is -3.20. The Balaban J connectivity index is 2.03. The second kappa shape index (κ2) is 9.08. The zero-order valence-electron chi connectivity index (χ0n) is 16.5. The summed E-state index contributed by atoms with van der Waals surface area (Å²) in [5.41, 5.74) is 0.0536. The van der Waals surface area contributed by atoms with Gasteiger partial charge in [-0.25, -0.2) is 4.98 Å². The number of alkyl halides is 3. The maximum atomic E-state index is 13.4. The summed E-state index contributed by atoms with van der Waals surface area (Å²) in [6, 6.07) is 11.7. The van der Waals surface area contributed by atoms with Gasteiger partial charge in [0, 0.05) is 12.3 Å². The van der Waals surface area contributed by atoms with Crippen molar-refractivity contribution in [3.8, 4) is 11.4 Å². The average molecular weight is 417 g/mol. The number of nitrogens with one attached hydrogen (secondary N) is 2. The Labute approximate surface area is 172 Å². The van der Waals surface area contributed by atoms with Gasteiger partial charge in [0.1, 0.15) is 5.82 Å². The van der Waals surface area contributed by atoms with Crippen molar-refractivity contribution in [2.24, 2.45) is 5.92 Å². The zero-order valence-corrected chi connectivity index (χ0v) is 16.5. The van der Waals surface area contributed by atoms with E-state index in [1.165, 1.54) is 24.3 Å². The molecule has 0 aliphatic rings. The highest BCUT2D eigenvalue weighted by Gasteiger charge is 2.33. The van der Waals surface area contributed by atoms with E-state index in [0.717, 1.165) is 6.07 Å². The van der Waals surface area contributed by atoms with Crippen LogP contribution in [0.15, 0.2) is 54.7 Å². The van der Waals surface area contributed by atoms with Crippen molar-refractivity contribution < 1.29 is 18.3 Å². The summed E-state index contributed by atoms with van der Waals surface area (Å²) in [6.07, 6.45) is -2.91. The second-order valence-electron chi connectivity index (χ2n) is 7.02. The lowest BCUT2D eigenvalue weighted by Crippen LogP contribution is -2.30. The van der Waals surface area contributed by atoms with E-state index >= 15 is 0 Å². The molecule has 1 aromatic carbocycles. The molecule has 158 valence electrons. The summed E-state index contributed by atoms with van der Waals surface area (Å²) < 4.78 is 40.1. The van der Waals surface area contributed by atoms with Crippen molar-refractivity contribution >= 4 is 17.5 Å². The predicted octanol–water partition coefficient (Wildman–Crippen LogP) is 4.73. The van der Waals surface area contributed by atoms with E-state index < -0.39 is 11.7 Å². The van der Waals surface area contributed by atoms with E-state index in [9.17, 15) is 18.3 Å². The molecule has 3 N–H and O–H groups in total. The van der Waals surface area contributed by atoms with Crippen LogP contribution < -0.4 is 10.6 Å². The SMILES string of the molecule is CC(C)[C@@H](CO)Nc1nc(Nc2ccccc2C(F)(F)F)cc(-c2ccccn2)n1. The van der Waals surface area contributed by atoms with Crippen LogP contribution in [0.1, 0.15) is 19.4 Å². The molecule has 30 heavy (non-hydrogen) atoms. The van der Waals surface area contributed by atoms with Gasteiger partial charge >= 0.3 is 6.18 Å². The van der Waals surface area contributed by atoms with Gasteiger partial charge in [0.15, 0.2) is 0 Å². The molecule has 0 spiro atoms. The molecule has 0 aliphatic heterocycles. The highest BCUT2D eigenvalue weighted by Crippen LogP contribution is 2.36. The van der Waals surface area contributed by atoms with Gasteiger partial charge < -0.3 is 15.7 Å². The van der Waals surface area contributed by atoms with Crippen LogP contribution in [0.2, 0.25) is 0 Å². The van der Waals surface area contributed by atoms with Crippen LogP contribution in [-0.4, -0.2) is 32.7 Å². The van der Waals surface area contributed by atoms with Gasteiger partial charge in [-0.1, -0.05) is 32.0 Å². The fourth-order valence-electron chi connectivity index (χ4n) is 2.79. The van der Waals surface area contributed by atoms with Crippen molar-refractivity contribution in [3.05, 3.63) is 60.3 Å². The fourth-order valence-corrected chi connectivity index (χ4v) is 2.79. The molecule has 0 bridgehead atoms. The standard InChI is InChI=1S/C21H22F3N5O/c1-13(2)18(12-30)28-20-27-17(16-9-5-6-10-25-16)11-19(29-20)26-15-8-4-3-7-14(15)21(22,23)24/h3-11,13,18,30H,12H2,1-2H3,(H2,26,27,28,29)/t18-/m1/s1. The van der Waals surface area contributed by atoms with Crippen LogP contribution in [0.4, 0.5) is 30.6 Å². The highest BCUT2D eigenvalue weighted by molar-refractivity contribution is 5.67. The van der Waals surface area contributed by atoms with Crippen molar-refractivity contribution in [1.82, 2.24) is 15.0 Å². The number of halogens is 3. The quantitative estimate of drug-likeness (QED) is 0.516. The minimum absolute atomic E-state index is 0.0828. The van der Waals surface area contributed by atoms with E-state index in [2.05, 4.69) is 25.6 Å². The Morgan fingerprint density at radius 1 is 1.00 bits per heavy atom. The topological polar surface area (TPSA) is 83.0 Å². The third-order valence-electron chi connectivity index (χ3n) is 4.46. The Kier molecular flexibility index (Phi) is 6.51. The first kappa shape index (κ1) is 21.5. The first-order valence-electron chi connectivity index (χ1n) is 9.39. The number of rotatable bonds is 7. The fraction of sp³-hybridized carbons (Fsp3) is 0.286. The molecule has 1 atom stereocenters. The smallest absolute Gasteiger partial charge is 0.394 e. The zero-order chi connectivity index (χ0) is 21.7. The van der Waals surface area contributed by atoms with Crippen molar-refractivity contribution in [2.75, 3.05) is 17.2 Å². The molecule has 2 aromatic heterocycles. The lowest BCUT2D eigenvalue weighted by molar-refractivity contribution is -0.136. The monoisotopic (exact) mass is 417 g/mol. The number of hydrogen-bond acceptors (Lipinski definition) is 6. The van der Waals surface area contributed by atoms with Gasteiger partial charge in [0.25, 0.3) is 0 Å². The minimum atomic E-state index is -4.51. The molecule has 0 unspecified atom stereocenters. The number of pyridine rings is 1. The van der Waals surface area contributed by atoms with Crippen molar-refractivity contribution in [2.45, 2.75) is 26.1 Å². The minimum Gasteiger partial charge on any atom is -0.394 e. The van der Waals surface area contributed by atoms with Gasteiger partial charge in [-0.05, 0) is 30.2 Å². The number of anilines is 3. The number of benzene rings is 1. The van der Waals surface area contributed by atoms with Crippen molar-refractivity contribution in [3.63, 3.8) is 0 Å². The van der Waals surface area contributed by atoms with Gasteiger partial charge in [-0.2, -0.15) is 18.2 Å². The normalized spacial score (nSPS) is 12.6. The molecule has 0 amide bonds. The van der Waals surface area contributed by atoms with Gasteiger partial charge in [0.2, 0.25) is 5.95 Å². The molecular weight excluding hydrogens is 395 g/mol. The molecule has 9 heteroatoms. The number of para-hydroxylation sites is 1. The number of hydrogen-bond donors (Lipinski definition) is 3. The number of aromatic nitrogens is 3. The molecular formula is C21H22F3N5O. The molecule has 6 nitrogen and oxygen atoms in total. The Bertz CT molecular complexity index is 980. The number of aliphatic hydroxyl groups excluding tert-OH is 1. The number of nitrogens with zero attached hydrogens (tertiary/aromatic N) is 3. The van der Waals surface area contributed by atoms with E-state index in [-0.39, 0.29) is 36.0 Å². The lowest BCUT2D eigenvalue weighted by atomic mass is 10.1. The first-order chi connectivity index (χ1) is 14.3. The van der Waals surface area contributed by atoms with Crippen molar-refractivity contribution in [1.29, 1.82) is 0 Å². The summed E-state index contributed by atoms with van der Waals surface area (Å²) >= 11 is 0. The van der Waals surface area contributed by atoms with Gasteiger partial charge in [0.05, 0.1) is 35.3 Å². The largest absolute Gasteiger partial charge is 0.418 e. The van der Waals surface area contributed by atoms with Gasteiger partial charge in [-0.15, -0.1) is 0 Å². The third-order valence-corrected chi connectivity index (χ3v) is 4.46. The maximum absolute atomic E-state index is 13.4. The molecule has 3 aromatic rings. The Morgan fingerprint density at radius 2 is 1.73 bits per heavy atom. The van der Waals surface area contributed by atoms with Crippen LogP contribution in [0.5, 0.6) is 0 Å². The lowest BCUT2D eigenvalue weighted by Gasteiger charge is -2.21. The van der Waals surface area contributed by atoms with E-state index in [1.807, 2.05) is 13.8 Å². The summed E-state index contributed by atoms with van der Waals surface area (Å²) in [5.74, 6) is 0.433. The third kappa shape index (κ3) is 5.24. The first-order valence-corrected chi connectivity index (χ1v) is 9.39. The summed E-state index contributed by atoms with van der Waals surface area (Å²) in [4.78, 5) is 13.0. The molecule has 0 fully saturated rings. The summed E-state index contributed by atoms with van der Waals surface area (Å²) in [7, 11) is 0. The van der Waals surface area contributed by atoms with Crippen LogP contribution >= 0.6 is 0 Å². The summed E-state index contributed by atoms with van der Waals surface area (Å²) in [5, 5.41) is 15.4. The molecule has 0 aliphatic carbocycles. The highest BCUT2D eigenvalue weighted by atomic mass is 19.4. The van der Waals surface area contributed by atoms with E-state index in [4.69, 9.17) is 0 Å². The molecule has 0 saturated heterocycles. The summed E-state index contributed by atoms with van der Waals surface area (Å²) in [6.45, 7) is 3.71. The second-order valence-corrected chi connectivity index (χ2v) is 7.02. The maximum Gasteiger partial charge on any atom is 0.418 e. The van der Waals surface area contributed by atoms with Crippen LogP contribution in [0.3, 0.4) is 0 Å². The van der Waals surface area contributed by atoms with Crippen LogP contribution in [-0.2, 0) is 6.18 Å². The van der Waals surface area contributed by atoms with Crippen LogP contribution in [0, 0.1) is 5.92 Å².